The SMILES string of the molecule is CC1(C)OB(c2cc(Cl)c(-c3cnn(C4CCCCO4)c3)cc2Cl)OC1(C)C. The van der Waals surface area contributed by atoms with Crippen LogP contribution in [0.1, 0.15) is 53.2 Å². The Hall–Kier alpha value is -1.05. The van der Waals surface area contributed by atoms with Crippen LogP contribution >= 0.6 is 23.2 Å². The summed E-state index contributed by atoms with van der Waals surface area (Å²) in [7, 11) is -0.553. The number of halogens is 2. The Kier molecular flexibility index (Phi) is 5.30. The first-order chi connectivity index (χ1) is 13.2. The average Bonchev–Trinajstić information content (AvgIpc) is 3.20. The van der Waals surface area contributed by atoms with E-state index >= 15 is 0 Å². The normalized spacial score (nSPS) is 23.9. The molecule has 150 valence electrons. The lowest BCUT2D eigenvalue weighted by atomic mass is 9.78. The van der Waals surface area contributed by atoms with Gasteiger partial charge in [0.15, 0.2) is 0 Å². The van der Waals surface area contributed by atoms with Crippen LogP contribution in [0, 0.1) is 0 Å². The van der Waals surface area contributed by atoms with Gasteiger partial charge in [-0.15, -0.1) is 0 Å². The van der Waals surface area contributed by atoms with E-state index in [4.69, 9.17) is 37.2 Å². The standard InChI is InChI=1S/C20H25BCl2N2O3/c1-19(2)20(3,4)28-21(27-19)15-10-16(22)14(9-17(15)23)13-11-24-25(12-13)18-7-5-6-8-26-18/h9-12,18H,5-8H2,1-4H3. The molecule has 5 nitrogen and oxygen atoms in total. The molecule has 0 aliphatic carbocycles. The summed E-state index contributed by atoms with van der Waals surface area (Å²) in [5.74, 6) is 0. The fraction of sp³-hybridized carbons (Fsp3) is 0.550. The molecule has 4 rings (SSSR count). The highest BCUT2D eigenvalue weighted by Crippen LogP contribution is 2.38. The molecule has 0 N–H and O–H groups in total. The third-order valence-electron chi connectivity index (χ3n) is 5.96. The molecule has 3 heterocycles. The fourth-order valence-corrected chi connectivity index (χ4v) is 4.04. The lowest BCUT2D eigenvalue weighted by Crippen LogP contribution is -2.41. The van der Waals surface area contributed by atoms with Crippen molar-refractivity contribution in [3.63, 3.8) is 0 Å². The molecule has 2 saturated heterocycles. The van der Waals surface area contributed by atoms with Crippen molar-refractivity contribution in [2.75, 3.05) is 6.61 Å². The Balaban J connectivity index is 1.61. The highest BCUT2D eigenvalue weighted by atomic mass is 35.5. The van der Waals surface area contributed by atoms with Crippen molar-refractivity contribution in [3.05, 3.63) is 34.6 Å². The van der Waals surface area contributed by atoms with Gasteiger partial charge in [0.25, 0.3) is 0 Å². The summed E-state index contributed by atoms with van der Waals surface area (Å²) >= 11 is 13.2. The third kappa shape index (κ3) is 3.61. The lowest BCUT2D eigenvalue weighted by Gasteiger charge is -2.32. The zero-order valence-corrected chi connectivity index (χ0v) is 18.2. The number of hydrogen-bond donors (Lipinski definition) is 0. The molecule has 2 aromatic rings. The maximum atomic E-state index is 6.61. The van der Waals surface area contributed by atoms with E-state index in [1.54, 1.807) is 6.20 Å². The molecule has 0 bridgehead atoms. The van der Waals surface area contributed by atoms with Crippen LogP contribution in [-0.2, 0) is 14.0 Å². The summed E-state index contributed by atoms with van der Waals surface area (Å²) in [5.41, 5.74) is 1.59. The lowest BCUT2D eigenvalue weighted by molar-refractivity contribution is -0.0394. The summed E-state index contributed by atoms with van der Waals surface area (Å²) in [6, 6.07) is 3.68. The van der Waals surface area contributed by atoms with E-state index in [1.165, 1.54) is 0 Å². The Morgan fingerprint density at radius 2 is 1.79 bits per heavy atom. The van der Waals surface area contributed by atoms with E-state index < -0.39 is 18.3 Å². The maximum absolute atomic E-state index is 6.61. The van der Waals surface area contributed by atoms with Gasteiger partial charge >= 0.3 is 7.12 Å². The Bertz CT molecular complexity index is 862. The van der Waals surface area contributed by atoms with E-state index in [0.29, 0.717) is 10.0 Å². The van der Waals surface area contributed by atoms with Gasteiger partial charge in [-0.3, -0.25) is 0 Å². The van der Waals surface area contributed by atoms with Crippen LogP contribution in [0.4, 0.5) is 0 Å². The highest BCUT2D eigenvalue weighted by molar-refractivity contribution is 6.66. The average molecular weight is 423 g/mol. The van der Waals surface area contributed by atoms with E-state index in [2.05, 4.69) is 5.10 Å². The van der Waals surface area contributed by atoms with Gasteiger partial charge in [0, 0.05) is 39.4 Å². The Morgan fingerprint density at radius 1 is 1.07 bits per heavy atom. The molecule has 8 heteroatoms. The molecule has 28 heavy (non-hydrogen) atoms. The van der Waals surface area contributed by atoms with Crippen LogP contribution in [0.15, 0.2) is 24.5 Å². The molecule has 2 aliphatic rings. The molecule has 1 unspecified atom stereocenters. The smallest absolute Gasteiger partial charge is 0.399 e. The molecule has 0 saturated carbocycles. The van der Waals surface area contributed by atoms with Crippen LogP contribution in [-0.4, -0.2) is 34.7 Å². The summed E-state index contributed by atoms with van der Waals surface area (Å²) in [6.45, 7) is 8.82. The molecule has 2 aliphatic heterocycles. The zero-order chi connectivity index (χ0) is 20.1. The number of benzene rings is 1. The fourth-order valence-electron chi connectivity index (χ4n) is 3.50. The van der Waals surface area contributed by atoms with E-state index in [1.807, 2.05) is 50.7 Å². The first-order valence-corrected chi connectivity index (χ1v) is 10.4. The minimum Gasteiger partial charge on any atom is -0.399 e. The Labute approximate surface area is 176 Å². The van der Waals surface area contributed by atoms with Crippen LogP contribution < -0.4 is 5.46 Å². The topological polar surface area (TPSA) is 45.5 Å². The number of ether oxygens (including phenoxy) is 1. The van der Waals surface area contributed by atoms with Crippen LogP contribution in [0.25, 0.3) is 11.1 Å². The predicted molar refractivity (Wildman–Crippen MR) is 112 cm³/mol. The third-order valence-corrected chi connectivity index (χ3v) is 6.60. The summed E-state index contributed by atoms with van der Waals surface area (Å²) < 4.78 is 19.9. The van der Waals surface area contributed by atoms with Crippen LogP contribution in [0.3, 0.4) is 0 Å². The molecular weight excluding hydrogens is 398 g/mol. The number of hydrogen-bond acceptors (Lipinski definition) is 4. The van der Waals surface area contributed by atoms with Gasteiger partial charge in [-0.2, -0.15) is 5.10 Å². The summed E-state index contributed by atoms with van der Waals surface area (Å²) in [4.78, 5) is 0. The minimum atomic E-state index is -0.553. The van der Waals surface area contributed by atoms with Crippen LogP contribution in [0.5, 0.6) is 0 Å². The van der Waals surface area contributed by atoms with Crippen LogP contribution in [0.2, 0.25) is 10.0 Å². The number of aromatic nitrogens is 2. The Morgan fingerprint density at radius 3 is 2.43 bits per heavy atom. The predicted octanol–water partition coefficient (Wildman–Crippen LogP) is 4.86. The van der Waals surface area contributed by atoms with Crippen molar-refractivity contribution in [1.29, 1.82) is 0 Å². The summed E-state index contributed by atoms with van der Waals surface area (Å²) in [5, 5.41) is 5.60. The van der Waals surface area contributed by atoms with Crippen molar-refractivity contribution in [3.8, 4) is 11.1 Å². The van der Waals surface area contributed by atoms with Gasteiger partial charge in [-0.25, -0.2) is 4.68 Å². The molecule has 0 amide bonds. The first kappa shape index (κ1) is 20.2. The van der Waals surface area contributed by atoms with Crippen molar-refractivity contribution in [2.45, 2.75) is 64.4 Å². The van der Waals surface area contributed by atoms with Crippen molar-refractivity contribution >= 4 is 35.8 Å². The van der Waals surface area contributed by atoms with E-state index in [-0.39, 0.29) is 6.23 Å². The van der Waals surface area contributed by atoms with Gasteiger partial charge in [-0.05, 0) is 59.1 Å². The van der Waals surface area contributed by atoms with Gasteiger partial charge in [0.1, 0.15) is 6.23 Å². The monoisotopic (exact) mass is 422 g/mol. The summed E-state index contributed by atoms with van der Waals surface area (Å²) in [6.07, 6.45) is 6.96. The quantitative estimate of drug-likeness (QED) is 0.662. The van der Waals surface area contributed by atoms with Gasteiger partial charge in [0.2, 0.25) is 0 Å². The molecule has 1 aromatic heterocycles. The van der Waals surface area contributed by atoms with Gasteiger partial charge < -0.3 is 14.0 Å². The van der Waals surface area contributed by atoms with E-state index in [0.717, 1.165) is 42.5 Å². The second-order valence-electron chi connectivity index (χ2n) is 8.47. The first-order valence-electron chi connectivity index (χ1n) is 9.69. The van der Waals surface area contributed by atoms with Crippen molar-refractivity contribution < 1.29 is 14.0 Å². The van der Waals surface area contributed by atoms with E-state index in [9.17, 15) is 0 Å². The van der Waals surface area contributed by atoms with Gasteiger partial charge in [-0.1, -0.05) is 23.2 Å². The molecule has 2 fully saturated rings. The minimum absolute atomic E-state index is 0.0132. The molecule has 0 spiro atoms. The van der Waals surface area contributed by atoms with Gasteiger partial charge in [0.05, 0.1) is 17.4 Å². The molecule has 1 aromatic carbocycles. The second kappa shape index (κ2) is 7.33. The second-order valence-corrected chi connectivity index (χ2v) is 9.29. The zero-order valence-electron chi connectivity index (χ0n) is 16.7. The molecule has 0 radical (unpaired) electrons. The van der Waals surface area contributed by atoms with Crippen molar-refractivity contribution in [2.24, 2.45) is 0 Å². The highest BCUT2D eigenvalue weighted by Gasteiger charge is 2.52. The number of rotatable bonds is 3. The number of nitrogens with zero attached hydrogens (tertiary/aromatic N) is 2. The molecular formula is C20H25BCl2N2O3. The van der Waals surface area contributed by atoms with Crippen molar-refractivity contribution in [1.82, 2.24) is 9.78 Å². The molecule has 1 atom stereocenters. The largest absolute Gasteiger partial charge is 0.496 e. The maximum Gasteiger partial charge on any atom is 0.496 e.